The normalized spacial score (nSPS) is 37.8. The summed E-state index contributed by atoms with van der Waals surface area (Å²) in [6, 6.07) is 77.9. The van der Waals surface area contributed by atoms with Gasteiger partial charge in [0.05, 0.1) is 153 Å². The van der Waals surface area contributed by atoms with E-state index in [1.54, 1.807) is 0 Å². The van der Waals surface area contributed by atoms with E-state index in [0.29, 0.717) is 39.6 Å². The van der Waals surface area contributed by atoms with Crippen molar-refractivity contribution in [2.75, 3.05) is 52.9 Å². The Bertz CT molecular complexity index is 5150. The van der Waals surface area contributed by atoms with Crippen molar-refractivity contribution in [3.63, 3.8) is 0 Å². The van der Waals surface area contributed by atoms with E-state index in [-0.39, 0.29) is 58.8 Å². The van der Waals surface area contributed by atoms with Crippen LogP contribution in [0.25, 0.3) is 20.9 Å². The topological polar surface area (TPSA) is 376 Å². The number of ether oxygens (including phenoxy) is 28. The van der Waals surface area contributed by atoms with Crippen LogP contribution in [0.4, 0.5) is 0 Å². The fraction of sp³-hybridized carbons (Fsp3) is 0.568. The molecule has 12 saturated heterocycles. The summed E-state index contributed by atoms with van der Waals surface area (Å²) in [4.78, 5) is 6.30. The first-order valence-corrected chi connectivity index (χ1v) is 51.0. The van der Waals surface area contributed by atoms with E-state index >= 15 is 0 Å². The van der Waals surface area contributed by atoms with Gasteiger partial charge in [-0.3, -0.25) is 0 Å². The van der Waals surface area contributed by atoms with Gasteiger partial charge in [-0.2, -0.15) is 0 Å². The number of aliphatic hydroxyl groups excluding tert-OH is 1. The van der Waals surface area contributed by atoms with Crippen molar-refractivity contribution in [1.82, 2.24) is 0 Å². The Morgan fingerprint density at radius 3 is 1.01 bits per heavy atom. The van der Waals surface area contributed by atoms with Crippen LogP contribution in [0, 0.1) is 23.7 Å². The molecule has 12 aliphatic heterocycles. The molecule has 35 heteroatoms. The van der Waals surface area contributed by atoms with Crippen molar-refractivity contribution in [3.8, 4) is 0 Å². The van der Waals surface area contributed by atoms with Crippen LogP contribution in [0.1, 0.15) is 133 Å². The molecule has 12 heterocycles. The number of benzene rings is 8. The third-order valence-electron chi connectivity index (χ3n) is 29.3. The summed E-state index contributed by atoms with van der Waals surface area (Å²) in [5, 5.41) is 19.7. The fourth-order valence-electron chi connectivity index (χ4n) is 21.7. The molecule has 12 aliphatic rings. The highest BCUT2D eigenvalue weighted by atomic mass is 16.8. The predicted molar refractivity (Wildman–Crippen MR) is 522 cm³/mol. The maximum atomic E-state index is 11.5. The van der Waals surface area contributed by atoms with Crippen LogP contribution in [0.3, 0.4) is 0 Å². The van der Waals surface area contributed by atoms with Gasteiger partial charge in [-0.1, -0.05) is 281 Å². The molecule has 1 N–H and O–H groups in total. The molecule has 146 heavy (non-hydrogen) atoms. The number of hydrogen-bond donors (Lipinski definition) is 1. The second-order valence-corrected chi connectivity index (χ2v) is 40.8. The molecular weight excluding hydrogens is 1880 g/mol. The smallest absolute Gasteiger partial charge is 0.187 e. The number of fused-ring (bicyclic) bond motifs is 4. The van der Waals surface area contributed by atoms with E-state index in [0.717, 1.165) is 44.5 Å². The van der Waals surface area contributed by atoms with Gasteiger partial charge in [-0.25, -0.2) is 0 Å². The first-order valence-electron chi connectivity index (χ1n) is 51.0. The Morgan fingerprint density at radius 2 is 0.637 bits per heavy atom. The van der Waals surface area contributed by atoms with Gasteiger partial charge in [0.2, 0.25) is 0 Å². The van der Waals surface area contributed by atoms with Crippen molar-refractivity contribution in [1.29, 1.82) is 0 Å². The molecule has 36 atom stereocenters. The second kappa shape index (κ2) is 48.2. The summed E-state index contributed by atoms with van der Waals surface area (Å²) in [7, 11) is 0. The van der Waals surface area contributed by atoms with Gasteiger partial charge >= 0.3 is 0 Å². The lowest BCUT2D eigenvalue weighted by molar-refractivity contribution is -0.355. The van der Waals surface area contributed by atoms with Gasteiger partial charge in [0.15, 0.2) is 68.2 Å². The summed E-state index contributed by atoms with van der Waals surface area (Å²) < 4.78 is 185. The van der Waals surface area contributed by atoms with Gasteiger partial charge in [0.25, 0.3) is 0 Å². The summed E-state index contributed by atoms with van der Waals surface area (Å²) >= 11 is 0. The number of azide groups is 2. The number of aliphatic hydroxyl groups is 1. The van der Waals surface area contributed by atoms with E-state index in [1.807, 2.05) is 319 Å². The highest BCUT2D eigenvalue weighted by molar-refractivity contribution is 5.24. The first-order chi connectivity index (χ1) is 70.9. The zero-order valence-electron chi connectivity index (χ0n) is 84.2. The predicted octanol–water partition coefficient (Wildman–Crippen LogP) is 16.4. The van der Waals surface area contributed by atoms with Gasteiger partial charge in [0, 0.05) is 32.8 Å². The second-order valence-electron chi connectivity index (χ2n) is 40.8. The third kappa shape index (κ3) is 24.8. The standard InChI is InChI=1S/C56H69N3O14.C55H67N3O15/c1-34-44(58-59-57)42(30-60-27-38-19-11-7-12-20-38)65-36(3)45(34)67-53-49-48(71-55(5,6)72-49)47(37(4)66-53)69-51-35(2)46(43(31-63-51)62-29-40-23-15-9-16-24-40)68-54-50-56(33-64-54,32-61-28-39-21-13-8-14-22-39)73-52(70-50)41-25-17-10-18-26-41;1-33-42(57-58-56)40(29-60-26-36-18-10-6-11-19-36)66-49(59)44(33)68-52-47-46(71-54(4,5)72-47)45(35(3)65-52)69-50-34(2)43(41(30-63-50)62-28-38-22-14-8-15-23-38)67-53-48-55(32-64-53,31-61-27-37-20-12-7-13-21-37)73-51(70-48)39-24-16-9-17-25-39/h7-26,34-37,42-54H,27-33H2,1-6H3;6-25,33-35,40-53,59H,26-32H2,1-5H3/t34?,35?,36-,37?,42?,43+,44+,45?,46?,47-,48?,49?,50?,51-,52-,53-,54-,56-;33?,34?,35?,40?,41-,42-,43?,44?,45+,46?,47?,48?,49-,50+,51+,52+,53+,55+/m01/s1. The molecule has 8 aromatic carbocycles. The lowest BCUT2D eigenvalue weighted by Crippen LogP contribution is -2.62. The Kier molecular flexibility index (Phi) is 34.9. The minimum Gasteiger partial charge on any atom is -0.374 e. The summed E-state index contributed by atoms with van der Waals surface area (Å²) in [6.45, 7) is 24.5. The first kappa shape index (κ1) is 106. The lowest BCUT2D eigenvalue weighted by Gasteiger charge is -2.48. The Balaban J connectivity index is 0.000000184. The fourth-order valence-corrected chi connectivity index (χ4v) is 21.7. The van der Waals surface area contributed by atoms with Gasteiger partial charge < -0.3 is 138 Å². The zero-order valence-corrected chi connectivity index (χ0v) is 84.2. The van der Waals surface area contributed by atoms with Crippen LogP contribution in [0.5, 0.6) is 0 Å². The van der Waals surface area contributed by atoms with Crippen LogP contribution in [-0.2, 0) is 172 Å². The van der Waals surface area contributed by atoms with Gasteiger partial charge in [-0.05, 0) is 105 Å². The Hall–Kier alpha value is -8.78. The van der Waals surface area contributed by atoms with Crippen molar-refractivity contribution < 1.29 is 138 Å². The molecule has 18 unspecified atom stereocenters. The van der Waals surface area contributed by atoms with Gasteiger partial charge in [0.1, 0.15) is 78.3 Å². The number of hydrogen-bond acceptors (Lipinski definition) is 31. The maximum Gasteiger partial charge on any atom is 0.187 e. The SMILES string of the molecule is CC1C(O[C@@H]2OC[C@]3(COCc4ccccc4)O[C@@H](c4ccccc4)OC23)[C@H](OCc2ccccc2)CO[C@H]1O[C@H]1C(C)O[C@@H](OC2C(C)[C@@H](N=[N+]=[N-])C(COCc3ccccc3)O[C@H]2C)C2OC(C)(C)OC21.CC1C(O[C@@H]2OC[C@]3(COCc4ccccc4)O[C@@H](c4ccccc4)OC23)[C@H](OCc2ccccc2)CO[C@H]1O[C@H]1C(C)O[C@@H](OC2C(C)[C@@H](N=[N+]=[N-])C(COCc3ccccc3)O[C@H]2O)C2OC(C)(C)OC21. The van der Waals surface area contributed by atoms with E-state index < -0.39 is 225 Å². The molecule has 0 spiro atoms. The average Bonchev–Trinajstić information content (AvgIpc) is 1.57. The maximum absolute atomic E-state index is 11.5. The lowest BCUT2D eigenvalue weighted by atomic mass is 9.86. The van der Waals surface area contributed by atoms with Crippen LogP contribution in [0.15, 0.2) is 253 Å². The molecule has 8 aromatic rings. The quantitative estimate of drug-likeness (QED) is 0.0213. The monoisotopic (exact) mass is 2020 g/mol. The minimum absolute atomic E-state index is 0.0854. The largest absolute Gasteiger partial charge is 0.374 e. The van der Waals surface area contributed by atoms with E-state index in [4.69, 9.17) is 133 Å². The van der Waals surface area contributed by atoms with E-state index in [2.05, 4.69) is 20.1 Å². The van der Waals surface area contributed by atoms with Crippen molar-refractivity contribution >= 4 is 0 Å². The van der Waals surface area contributed by atoms with Gasteiger partial charge in [-0.15, -0.1) is 0 Å². The molecule has 0 aliphatic carbocycles. The molecule has 0 saturated carbocycles. The Morgan fingerprint density at radius 1 is 0.322 bits per heavy atom. The number of rotatable bonds is 38. The van der Waals surface area contributed by atoms with Crippen molar-refractivity contribution in [3.05, 3.63) is 308 Å². The Labute approximate surface area is 851 Å². The molecule has 784 valence electrons. The summed E-state index contributed by atoms with van der Waals surface area (Å²) in [6.07, 6.45) is -20.1. The molecule has 0 amide bonds. The van der Waals surface area contributed by atoms with Crippen LogP contribution < -0.4 is 0 Å². The molecule has 35 nitrogen and oxygen atoms in total. The molecule has 0 radical (unpaired) electrons. The van der Waals surface area contributed by atoms with Crippen LogP contribution in [-0.4, -0.2) is 253 Å². The van der Waals surface area contributed by atoms with Crippen molar-refractivity contribution in [2.45, 2.75) is 323 Å². The van der Waals surface area contributed by atoms with Crippen molar-refractivity contribution in [2.24, 2.45) is 33.9 Å². The molecule has 20 rings (SSSR count). The molecular formula is C111H136N6O29. The van der Waals surface area contributed by atoms with Crippen LogP contribution >= 0.6 is 0 Å². The van der Waals surface area contributed by atoms with Crippen LogP contribution in [0.2, 0.25) is 0 Å². The minimum atomic E-state index is -1.40. The molecule has 12 fully saturated rings. The highest BCUT2D eigenvalue weighted by Crippen LogP contribution is 2.52. The molecule has 0 aromatic heterocycles. The molecule has 0 bridgehead atoms. The van der Waals surface area contributed by atoms with E-state index in [9.17, 15) is 16.2 Å². The zero-order chi connectivity index (χ0) is 101. The summed E-state index contributed by atoms with van der Waals surface area (Å²) in [5.74, 6) is -3.69. The highest BCUT2D eigenvalue weighted by Gasteiger charge is 2.66. The van der Waals surface area contributed by atoms with E-state index in [1.165, 1.54) is 0 Å². The number of nitrogens with zero attached hydrogens (tertiary/aromatic N) is 6. The third-order valence-corrected chi connectivity index (χ3v) is 29.3. The summed E-state index contributed by atoms with van der Waals surface area (Å²) in [5.41, 5.74) is 25.2. The average molecular weight is 2020 g/mol.